The van der Waals surface area contributed by atoms with E-state index < -0.39 is 0 Å². The molecule has 1 aliphatic carbocycles. The Labute approximate surface area is 171 Å². The Kier molecular flexibility index (Phi) is 4.76. The van der Waals surface area contributed by atoms with Crippen LogP contribution in [0.3, 0.4) is 0 Å². The number of carbonyl (C=O) groups excluding carboxylic acids is 3. The van der Waals surface area contributed by atoms with Crippen LogP contribution >= 0.6 is 0 Å². The van der Waals surface area contributed by atoms with Crippen LogP contribution in [0.15, 0.2) is 36.4 Å². The fraction of sp³-hybridized carbons (Fsp3) is 0.542. The van der Waals surface area contributed by atoms with E-state index >= 15 is 0 Å². The van der Waals surface area contributed by atoms with Crippen LogP contribution in [0.2, 0.25) is 0 Å². The number of fused-ring (bicyclic) bond motifs is 3. The van der Waals surface area contributed by atoms with Crippen LogP contribution in [0, 0.1) is 11.8 Å². The number of benzene rings is 1. The van der Waals surface area contributed by atoms with E-state index in [1.807, 2.05) is 11.0 Å². The maximum Gasteiger partial charge on any atom is 0.233 e. The first-order valence-corrected chi connectivity index (χ1v) is 11.1. The molecule has 0 spiro atoms. The molecule has 0 radical (unpaired) electrons. The fourth-order valence-corrected chi connectivity index (χ4v) is 5.87. The van der Waals surface area contributed by atoms with Crippen LogP contribution < -0.4 is 0 Å². The van der Waals surface area contributed by atoms with Crippen LogP contribution in [0.4, 0.5) is 0 Å². The molecule has 5 rings (SSSR count). The SMILES string of the molecule is O=C1[C@@H]2CCCC[C@H]2C(=O)N1CCC(=O)N1[C@@H]2CC[C@@H]1C=C(c1ccccc1)C2. The minimum absolute atomic E-state index is 0.0413. The van der Waals surface area contributed by atoms with Crippen molar-refractivity contribution in [3.8, 4) is 0 Å². The predicted molar refractivity (Wildman–Crippen MR) is 109 cm³/mol. The summed E-state index contributed by atoms with van der Waals surface area (Å²) in [5.74, 6) is -0.264. The Balaban J connectivity index is 1.25. The molecule has 5 heteroatoms. The van der Waals surface area contributed by atoms with Gasteiger partial charge in [-0.25, -0.2) is 0 Å². The van der Waals surface area contributed by atoms with E-state index in [2.05, 4.69) is 30.3 Å². The van der Waals surface area contributed by atoms with Gasteiger partial charge in [0.2, 0.25) is 17.7 Å². The number of nitrogens with zero attached hydrogens (tertiary/aromatic N) is 2. The minimum Gasteiger partial charge on any atom is -0.333 e. The van der Waals surface area contributed by atoms with Crippen molar-refractivity contribution < 1.29 is 14.4 Å². The molecule has 3 heterocycles. The van der Waals surface area contributed by atoms with Crippen LogP contribution in [0.5, 0.6) is 0 Å². The Morgan fingerprint density at radius 3 is 2.28 bits per heavy atom. The molecular weight excluding hydrogens is 364 g/mol. The minimum atomic E-state index is -0.131. The Bertz CT molecular complexity index is 838. The monoisotopic (exact) mass is 392 g/mol. The molecule has 2 saturated heterocycles. The standard InChI is InChI=1S/C24H28N2O3/c27-22(12-13-25-23(28)20-8-4-5-9-21(20)24(25)29)26-18-10-11-19(26)15-17(14-18)16-6-2-1-3-7-16/h1-3,6-7,14,18-21H,4-5,8-13,15H2/t18-,19-,20-,21-/m1/s1. The van der Waals surface area contributed by atoms with Gasteiger partial charge < -0.3 is 4.90 Å². The lowest BCUT2D eigenvalue weighted by molar-refractivity contribution is -0.141. The van der Waals surface area contributed by atoms with Gasteiger partial charge >= 0.3 is 0 Å². The zero-order valence-electron chi connectivity index (χ0n) is 16.8. The van der Waals surface area contributed by atoms with Gasteiger partial charge in [-0.05, 0) is 43.2 Å². The topological polar surface area (TPSA) is 57.7 Å². The molecule has 1 saturated carbocycles. The highest BCUT2D eigenvalue weighted by molar-refractivity contribution is 6.05. The number of rotatable bonds is 4. The lowest BCUT2D eigenvalue weighted by Crippen LogP contribution is -2.44. The maximum atomic E-state index is 13.0. The molecule has 152 valence electrons. The van der Waals surface area contributed by atoms with Crippen molar-refractivity contribution in [2.45, 2.75) is 63.5 Å². The molecule has 4 aliphatic rings. The highest BCUT2D eigenvalue weighted by Gasteiger charge is 2.48. The van der Waals surface area contributed by atoms with Crippen LogP contribution in [0.1, 0.15) is 56.9 Å². The summed E-state index contributed by atoms with van der Waals surface area (Å²) in [6.45, 7) is 0.245. The summed E-state index contributed by atoms with van der Waals surface area (Å²) in [5.41, 5.74) is 2.57. The predicted octanol–water partition coefficient (Wildman–Crippen LogP) is 3.40. The van der Waals surface area contributed by atoms with Crippen LogP contribution in [0.25, 0.3) is 5.57 Å². The van der Waals surface area contributed by atoms with Gasteiger partial charge in [0.05, 0.1) is 17.9 Å². The second-order valence-corrected chi connectivity index (χ2v) is 8.94. The first kappa shape index (κ1) is 18.6. The molecule has 4 atom stereocenters. The van der Waals surface area contributed by atoms with Crippen LogP contribution in [-0.4, -0.2) is 46.1 Å². The van der Waals surface area contributed by atoms with E-state index in [-0.39, 0.29) is 54.6 Å². The molecular formula is C24H28N2O3. The van der Waals surface area contributed by atoms with Gasteiger partial charge in [0.1, 0.15) is 0 Å². The molecule has 29 heavy (non-hydrogen) atoms. The van der Waals surface area contributed by atoms with E-state index in [4.69, 9.17) is 0 Å². The van der Waals surface area contributed by atoms with Crippen molar-refractivity contribution in [2.24, 2.45) is 11.8 Å². The lowest BCUT2D eigenvalue weighted by atomic mass is 9.81. The summed E-state index contributed by atoms with van der Waals surface area (Å²) in [5, 5.41) is 0. The summed E-state index contributed by atoms with van der Waals surface area (Å²) in [4.78, 5) is 41.7. The number of imide groups is 1. The summed E-state index contributed by atoms with van der Waals surface area (Å²) in [6.07, 6.45) is 9.10. The molecule has 0 unspecified atom stereocenters. The van der Waals surface area contributed by atoms with Crippen LogP contribution in [-0.2, 0) is 14.4 Å². The van der Waals surface area contributed by atoms with Gasteiger partial charge in [0.25, 0.3) is 0 Å². The summed E-state index contributed by atoms with van der Waals surface area (Å²) in [6, 6.07) is 10.8. The van der Waals surface area contributed by atoms with Crippen molar-refractivity contribution in [3.05, 3.63) is 42.0 Å². The lowest BCUT2D eigenvalue weighted by Gasteiger charge is -2.34. The Hall–Kier alpha value is -2.43. The van der Waals surface area contributed by atoms with E-state index in [1.165, 1.54) is 16.0 Å². The second-order valence-electron chi connectivity index (χ2n) is 8.94. The highest BCUT2D eigenvalue weighted by atomic mass is 16.2. The van der Waals surface area contributed by atoms with Crippen molar-refractivity contribution in [3.63, 3.8) is 0 Å². The van der Waals surface area contributed by atoms with Gasteiger partial charge in [-0.15, -0.1) is 0 Å². The van der Waals surface area contributed by atoms with E-state index in [0.29, 0.717) is 0 Å². The number of hydrogen-bond acceptors (Lipinski definition) is 3. The van der Waals surface area contributed by atoms with Crippen molar-refractivity contribution in [2.75, 3.05) is 6.54 Å². The fourth-order valence-electron chi connectivity index (χ4n) is 5.87. The molecule has 1 aromatic rings. The van der Waals surface area contributed by atoms with Gasteiger partial charge in [-0.1, -0.05) is 49.2 Å². The number of carbonyl (C=O) groups is 3. The van der Waals surface area contributed by atoms with Crippen molar-refractivity contribution in [1.29, 1.82) is 0 Å². The number of hydrogen-bond donors (Lipinski definition) is 0. The average Bonchev–Trinajstić information content (AvgIpc) is 3.16. The smallest absolute Gasteiger partial charge is 0.233 e. The van der Waals surface area contributed by atoms with E-state index in [1.54, 1.807) is 0 Å². The third kappa shape index (κ3) is 3.21. The van der Waals surface area contributed by atoms with Crippen molar-refractivity contribution in [1.82, 2.24) is 9.80 Å². The van der Waals surface area contributed by atoms with Crippen molar-refractivity contribution >= 4 is 23.3 Å². The van der Waals surface area contributed by atoms with Gasteiger partial charge in [0.15, 0.2) is 0 Å². The Morgan fingerprint density at radius 1 is 0.931 bits per heavy atom. The summed E-state index contributed by atoms with van der Waals surface area (Å²) >= 11 is 0. The highest BCUT2D eigenvalue weighted by Crippen LogP contribution is 2.40. The molecule has 5 nitrogen and oxygen atoms in total. The zero-order valence-corrected chi connectivity index (χ0v) is 16.8. The molecule has 3 aliphatic heterocycles. The maximum absolute atomic E-state index is 13.0. The quantitative estimate of drug-likeness (QED) is 0.738. The second kappa shape index (κ2) is 7.43. The molecule has 3 fully saturated rings. The normalized spacial score (nSPS) is 31.1. The molecule has 1 aromatic carbocycles. The Morgan fingerprint density at radius 2 is 1.62 bits per heavy atom. The summed E-state index contributed by atoms with van der Waals surface area (Å²) < 4.78 is 0. The first-order chi connectivity index (χ1) is 14.1. The van der Waals surface area contributed by atoms with E-state index in [9.17, 15) is 14.4 Å². The molecule has 0 aromatic heterocycles. The molecule has 0 N–H and O–H groups in total. The molecule has 2 bridgehead atoms. The third-order valence-electron chi connectivity index (χ3n) is 7.31. The summed E-state index contributed by atoms with van der Waals surface area (Å²) in [7, 11) is 0. The number of likely N-dealkylation sites (tertiary alicyclic amines) is 1. The van der Waals surface area contributed by atoms with E-state index in [0.717, 1.165) is 44.9 Å². The largest absolute Gasteiger partial charge is 0.333 e. The zero-order chi connectivity index (χ0) is 20.0. The third-order valence-corrected chi connectivity index (χ3v) is 7.31. The average molecular weight is 392 g/mol. The molecule has 3 amide bonds. The van der Waals surface area contributed by atoms with Gasteiger partial charge in [0, 0.05) is 19.0 Å². The first-order valence-electron chi connectivity index (χ1n) is 11.1. The van der Waals surface area contributed by atoms with Gasteiger partial charge in [-0.3, -0.25) is 19.3 Å². The van der Waals surface area contributed by atoms with Gasteiger partial charge in [-0.2, -0.15) is 0 Å². The number of amides is 3.